The lowest BCUT2D eigenvalue weighted by molar-refractivity contribution is -0.137. The Labute approximate surface area is 198 Å². The van der Waals surface area contributed by atoms with E-state index >= 15 is 0 Å². The number of nitrogens with zero attached hydrogens (tertiary/aromatic N) is 1. The minimum absolute atomic E-state index is 0.0613. The Kier molecular flexibility index (Phi) is 6.79. The van der Waals surface area contributed by atoms with Gasteiger partial charge in [-0.1, -0.05) is 17.7 Å². The zero-order valence-electron chi connectivity index (χ0n) is 18.1. The van der Waals surface area contributed by atoms with Gasteiger partial charge < -0.3 is 15.0 Å². The summed E-state index contributed by atoms with van der Waals surface area (Å²) in [5.41, 5.74) is 1.72. The first-order valence-corrected chi connectivity index (χ1v) is 10.8. The molecule has 2 aromatic carbocycles. The molecule has 0 aliphatic heterocycles. The van der Waals surface area contributed by atoms with Crippen molar-refractivity contribution in [1.82, 2.24) is 15.3 Å². The highest BCUT2D eigenvalue weighted by Crippen LogP contribution is 2.40. The predicted molar refractivity (Wildman–Crippen MR) is 124 cm³/mol. The summed E-state index contributed by atoms with van der Waals surface area (Å²) in [4.78, 5) is 20.0. The zero-order valence-corrected chi connectivity index (χ0v) is 18.9. The number of aromatic amines is 1. The van der Waals surface area contributed by atoms with Gasteiger partial charge in [0, 0.05) is 48.4 Å². The molecule has 0 aliphatic carbocycles. The van der Waals surface area contributed by atoms with Crippen molar-refractivity contribution in [3.05, 3.63) is 94.4 Å². The average Bonchev–Trinajstić information content (AvgIpc) is 3.24. The normalized spacial score (nSPS) is 12.5. The van der Waals surface area contributed by atoms with Crippen LogP contribution in [0.4, 0.5) is 13.2 Å². The summed E-state index contributed by atoms with van der Waals surface area (Å²) in [5.74, 6) is -0.361. The molecule has 0 bridgehead atoms. The molecule has 0 saturated heterocycles. The molecule has 2 aromatic heterocycles. The number of aromatic nitrogens is 2. The summed E-state index contributed by atoms with van der Waals surface area (Å²) in [6.07, 6.45) is 0.275. The summed E-state index contributed by atoms with van der Waals surface area (Å²) < 4.78 is 46.0. The zero-order chi connectivity index (χ0) is 24.3. The Morgan fingerprint density at radius 3 is 2.62 bits per heavy atom. The smallest absolute Gasteiger partial charge is 0.417 e. The topological polar surface area (TPSA) is 67.0 Å². The van der Waals surface area contributed by atoms with Crippen molar-refractivity contribution in [2.24, 2.45) is 0 Å². The number of halogens is 4. The highest BCUT2D eigenvalue weighted by molar-refractivity contribution is 6.31. The van der Waals surface area contributed by atoms with Crippen molar-refractivity contribution in [2.45, 2.75) is 25.1 Å². The molecule has 0 radical (unpaired) electrons. The van der Waals surface area contributed by atoms with Crippen molar-refractivity contribution in [3.63, 3.8) is 0 Å². The third-order valence-corrected chi connectivity index (χ3v) is 5.95. The maximum atomic E-state index is 13.6. The van der Waals surface area contributed by atoms with Gasteiger partial charge in [0.25, 0.3) is 0 Å². The van der Waals surface area contributed by atoms with Crippen molar-refractivity contribution >= 4 is 28.4 Å². The van der Waals surface area contributed by atoms with Crippen LogP contribution in [0.2, 0.25) is 5.02 Å². The van der Waals surface area contributed by atoms with E-state index in [0.717, 1.165) is 22.5 Å². The summed E-state index contributed by atoms with van der Waals surface area (Å²) in [5, 5.41) is 3.21. The number of benzene rings is 2. The Morgan fingerprint density at radius 2 is 1.91 bits per heavy atom. The van der Waals surface area contributed by atoms with Gasteiger partial charge >= 0.3 is 6.18 Å². The van der Waals surface area contributed by atoms with E-state index < -0.39 is 22.7 Å². The molecule has 176 valence electrons. The van der Waals surface area contributed by atoms with Crippen LogP contribution < -0.4 is 10.1 Å². The average molecular weight is 488 g/mol. The fourth-order valence-electron chi connectivity index (χ4n) is 3.88. The Bertz CT molecular complexity index is 1310. The Morgan fingerprint density at radius 1 is 1.15 bits per heavy atom. The van der Waals surface area contributed by atoms with Crippen LogP contribution in [-0.4, -0.2) is 23.0 Å². The molecule has 0 aliphatic rings. The minimum Gasteiger partial charge on any atom is -0.497 e. The molecule has 2 heterocycles. The van der Waals surface area contributed by atoms with Gasteiger partial charge in [-0.15, -0.1) is 0 Å². The molecule has 0 saturated carbocycles. The van der Waals surface area contributed by atoms with Crippen molar-refractivity contribution in [2.75, 3.05) is 7.11 Å². The number of methoxy groups -OCH3 is 1. The molecule has 0 fully saturated rings. The van der Waals surface area contributed by atoms with Crippen LogP contribution in [0, 0.1) is 0 Å². The summed E-state index contributed by atoms with van der Waals surface area (Å²) in [7, 11) is 1.53. The van der Waals surface area contributed by atoms with E-state index in [1.165, 1.54) is 19.2 Å². The number of carbonyl (C=O) groups excluding carboxylic acids is 1. The largest absolute Gasteiger partial charge is 0.497 e. The Balaban J connectivity index is 1.72. The molecule has 9 heteroatoms. The van der Waals surface area contributed by atoms with Crippen LogP contribution >= 0.6 is 11.6 Å². The van der Waals surface area contributed by atoms with E-state index in [1.54, 1.807) is 42.9 Å². The molecule has 0 spiro atoms. The summed E-state index contributed by atoms with van der Waals surface area (Å²) >= 11 is 5.84. The molecule has 4 rings (SSSR count). The Hall–Kier alpha value is -3.52. The SMILES string of the molecule is COc1ccc2[nH]cc([C@H](CC(=O)NCc3ccncc3)c3ccc(Cl)c(C(F)(F)F)c3)c2c1. The van der Waals surface area contributed by atoms with Gasteiger partial charge in [0.15, 0.2) is 0 Å². The van der Waals surface area contributed by atoms with Gasteiger partial charge in [-0.3, -0.25) is 9.78 Å². The van der Waals surface area contributed by atoms with E-state index in [9.17, 15) is 18.0 Å². The van der Waals surface area contributed by atoms with E-state index in [2.05, 4.69) is 15.3 Å². The van der Waals surface area contributed by atoms with Gasteiger partial charge in [0.1, 0.15) is 5.75 Å². The molecule has 1 atom stereocenters. The second-order valence-electron chi connectivity index (χ2n) is 7.78. The second-order valence-corrected chi connectivity index (χ2v) is 8.19. The highest BCUT2D eigenvalue weighted by atomic mass is 35.5. The van der Waals surface area contributed by atoms with Gasteiger partial charge in [-0.2, -0.15) is 13.2 Å². The fraction of sp³-hybridized carbons (Fsp3) is 0.200. The number of rotatable bonds is 7. The second kappa shape index (κ2) is 9.77. The maximum absolute atomic E-state index is 13.6. The molecular formula is C25H21ClF3N3O2. The minimum atomic E-state index is -4.62. The third kappa shape index (κ3) is 5.17. The molecule has 4 aromatic rings. The van der Waals surface area contributed by atoms with E-state index in [0.29, 0.717) is 16.9 Å². The molecule has 5 nitrogen and oxygen atoms in total. The van der Waals surface area contributed by atoms with E-state index in [4.69, 9.17) is 16.3 Å². The van der Waals surface area contributed by atoms with Crippen LogP contribution in [0.15, 0.2) is 67.1 Å². The number of alkyl halides is 3. The summed E-state index contributed by atoms with van der Waals surface area (Å²) in [6, 6.07) is 12.7. The van der Waals surface area contributed by atoms with E-state index in [1.807, 2.05) is 6.07 Å². The first kappa shape index (κ1) is 23.6. The van der Waals surface area contributed by atoms with Gasteiger partial charge in [0.2, 0.25) is 5.91 Å². The van der Waals surface area contributed by atoms with Crippen LogP contribution in [0.25, 0.3) is 10.9 Å². The number of hydrogen-bond donors (Lipinski definition) is 2. The number of amides is 1. The number of ether oxygens (including phenoxy) is 1. The third-order valence-electron chi connectivity index (χ3n) is 5.62. The van der Waals surface area contributed by atoms with E-state index in [-0.39, 0.29) is 18.9 Å². The number of fused-ring (bicyclic) bond motifs is 1. The first-order chi connectivity index (χ1) is 16.3. The van der Waals surface area contributed by atoms with Gasteiger partial charge in [0.05, 0.1) is 17.7 Å². The number of hydrogen-bond acceptors (Lipinski definition) is 3. The standard InChI is InChI=1S/C25H21ClF3N3O2/c1-34-17-3-5-23-19(11-17)20(14-31-23)18(12-24(33)32-13-15-6-8-30-9-7-15)16-2-4-22(26)21(10-16)25(27,28)29/h2-11,14,18,31H,12-13H2,1H3,(H,32,33)/t18-/m1/s1. The lowest BCUT2D eigenvalue weighted by Crippen LogP contribution is -2.25. The molecule has 1 amide bonds. The van der Waals surface area contributed by atoms with Crippen LogP contribution in [0.1, 0.15) is 34.6 Å². The lowest BCUT2D eigenvalue weighted by atomic mass is 9.87. The number of H-pyrrole nitrogens is 1. The van der Waals surface area contributed by atoms with Crippen LogP contribution in [0.5, 0.6) is 5.75 Å². The summed E-state index contributed by atoms with van der Waals surface area (Å²) in [6.45, 7) is 0.282. The van der Waals surface area contributed by atoms with Gasteiger partial charge in [-0.25, -0.2) is 0 Å². The monoisotopic (exact) mass is 487 g/mol. The predicted octanol–water partition coefficient (Wildman–Crippen LogP) is 6.08. The molecular weight excluding hydrogens is 467 g/mol. The van der Waals surface area contributed by atoms with Gasteiger partial charge in [-0.05, 0) is 59.2 Å². The molecule has 34 heavy (non-hydrogen) atoms. The number of nitrogens with one attached hydrogen (secondary N) is 2. The molecule has 2 N–H and O–H groups in total. The maximum Gasteiger partial charge on any atom is 0.417 e. The number of pyridine rings is 1. The fourth-order valence-corrected chi connectivity index (χ4v) is 4.10. The quantitative estimate of drug-likeness (QED) is 0.332. The van der Waals surface area contributed by atoms with Crippen LogP contribution in [-0.2, 0) is 17.5 Å². The first-order valence-electron chi connectivity index (χ1n) is 10.4. The van der Waals surface area contributed by atoms with Crippen LogP contribution in [0.3, 0.4) is 0 Å². The van der Waals surface area contributed by atoms with Crippen molar-refractivity contribution < 1.29 is 22.7 Å². The molecule has 0 unspecified atom stereocenters. The van der Waals surface area contributed by atoms with Crippen molar-refractivity contribution in [1.29, 1.82) is 0 Å². The number of carbonyl (C=O) groups is 1. The lowest BCUT2D eigenvalue weighted by Gasteiger charge is -2.19. The van der Waals surface area contributed by atoms with Crippen molar-refractivity contribution in [3.8, 4) is 5.75 Å². The highest BCUT2D eigenvalue weighted by Gasteiger charge is 2.34.